The van der Waals surface area contributed by atoms with Crippen LogP contribution < -0.4 is 5.32 Å². The van der Waals surface area contributed by atoms with Gasteiger partial charge in [-0.1, -0.05) is 70.4 Å². The third-order valence-electron chi connectivity index (χ3n) is 4.02. The van der Waals surface area contributed by atoms with Crippen LogP contribution >= 0.6 is 0 Å². The van der Waals surface area contributed by atoms with Crippen molar-refractivity contribution in [2.24, 2.45) is 0 Å². The first-order valence-electron chi connectivity index (χ1n) is 9.68. The van der Waals surface area contributed by atoms with E-state index in [1.807, 2.05) is 0 Å². The molecule has 0 saturated heterocycles. The maximum Gasteiger partial charge on any atom is 0.220 e. The van der Waals surface area contributed by atoms with E-state index in [1.54, 1.807) is 0 Å². The van der Waals surface area contributed by atoms with Gasteiger partial charge in [0, 0.05) is 6.42 Å². The average molecular weight is 325 g/mol. The minimum absolute atomic E-state index is 0.0108. The van der Waals surface area contributed by atoms with Crippen molar-refractivity contribution in [2.75, 3.05) is 6.61 Å². The van der Waals surface area contributed by atoms with Crippen LogP contribution in [0.2, 0.25) is 0 Å². The third-order valence-corrected chi connectivity index (χ3v) is 4.02. The molecule has 0 heterocycles. The topological polar surface area (TPSA) is 49.3 Å². The Hall–Kier alpha value is -0.830. The van der Waals surface area contributed by atoms with E-state index in [1.165, 1.54) is 77.2 Å². The smallest absolute Gasteiger partial charge is 0.220 e. The highest BCUT2D eigenvalue weighted by atomic mass is 16.3. The van der Waals surface area contributed by atoms with Crippen molar-refractivity contribution in [3.8, 4) is 0 Å². The number of nitrogens with one attached hydrogen (secondary N) is 1. The highest BCUT2D eigenvalue weighted by molar-refractivity contribution is 5.76. The first-order chi connectivity index (χ1) is 11.3. The minimum atomic E-state index is -0.0991. The van der Waals surface area contributed by atoms with Gasteiger partial charge < -0.3 is 10.4 Å². The van der Waals surface area contributed by atoms with Gasteiger partial charge in [0.2, 0.25) is 5.91 Å². The predicted molar refractivity (Wildman–Crippen MR) is 99.0 cm³/mol. The number of rotatable bonds is 17. The number of hydrogen-bond acceptors (Lipinski definition) is 2. The Labute approximate surface area is 143 Å². The van der Waals surface area contributed by atoms with Crippen LogP contribution in [0, 0.1) is 6.54 Å². The number of aliphatic hydroxyl groups is 1. The summed E-state index contributed by atoms with van der Waals surface area (Å²) in [5.41, 5.74) is 0. The van der Waals surface area contributed by atoms with E-state index in [0.717, 1.165) is 12.8 Å². The van der Waals surface area contributed by atoms with E-state index in [0.29, 0.717) is 6.42 Å². The first-order valence-corrected chi connectivity index (χ1v) is 9.68. The summed E-state index contributed by atoms with van der Waals surface area (Å²) in [6.45, 7) is 3.55. The fourth-order valence-electron chi connectivity index (χ4n) is 2.59. The van der Waals surface area contributed by atoms with E-state index in [-0.39, 0.29) is 12.5 Å². The van der Waals surface area contributed by atoms with Gasteiger partial charge in [0.15, 0.2) is 0 Å². The minimum Gasteiger partial charge on any atom is -0.394 e. The monoisotopic (exact) mass is 324 g/mol. The van der Waals surface area contributed by atoms with Gasteiger partial charge >= 0.3 is 0 Å². The first kappa shape index (κ1) is 22.2. The summed E-state index contributed by atoms with van der Waals surface area (Å²) in [6.07, 6.45) is 21.7. The summed E-state index contributed by atoms with van der Waals surface area (Å²) < 4.78 is 0. The van der Waals surface area contributed by atoms with Crippen molar-refractivity contribution >= 4 is 5.91 Å². The fraction of sp³-hybridized carbons (Fsp3) is 0.800. The molecule has 1 amide bonds. The van der Waals surface area contributed by atoms with Gasteiger partial charge in [0.25, 0.3) is 0 Å². The van der Waals surface area contributed by atoms with Gasteiger partial charge in [0.05, 0.1) is 13.2 Å². The summed E-state index contributed by atoms with van der Waals surface area (Å²) in [4.78, 5) is 11.3. The molecular weight excluding hydrogens is 286 g/mol. The summed E-state index contributed by atoms with van der Waals surface area (Å²) in [7, 11) is 0. The number of hydrogen-bond donors (Lipinski definition) is 2. The van der Waals surface area contributed by atoms with Crippen LogP contribution in [-0.4, -0.2) is 17.6 Å². The van der Waals surface area contributed by atoms with Crippen molar-refractivity contribution in [1.82, 2.24) is 5.32 Å². The second-order valence-electron chi connectivity index (χ2n) is 6.29. The van der Waals surface area contributed by atoms with Crippen molar-refractivity contribution in [3.63, 3.8) is 0 Å². The molecule has 0 unspecified atom stereocenters. The number of amides is 1. The zero-order valence-electron chi connectivity index (χ0n) is 15.2. The Morgan fingerprint density at radius 2 is 1.35 bits per heavy atom. The highest BCUT2D eigenvalue weighted by Gasteiger charge is 1.99. The molecule has 3 heteroatoms. The average Bonchev–Trinajstić information content (AvgIpc) is 2.56. The quantitative estimate of drug-likeness (QED) is 0.282. The molecule has 0 aliphatic rings. The van der Waals surface area contributed by atoms with Crippen LogP contribution in [0.25, 0.3) is 0 Å². The van der Waals surface area contributed by atoms with Gasteiger partial charge in [0.1, 0.15) is 0 Å². The Bertz CT molecular complexity index is 277. The lowest BCUT2D eigenvalue weighted by molar-refractivity contribution is -0.120. The van der Waals surface area contributed by atoms with E-state index < -0.39 is 0 Å². The van der Waals surface area contributed by atoms with Crippen LogP contribution in [-0.2, 0) is 4.79 Å². The summed E-state index contributed by atoms with van der Waals surface area (Å²) in [5.74, 6) is 0.0108. The normalized spacial score (nSPS) is 11.2. The van der Waals surface area contributed by atoms with Crippen molar-refractivity contribution in [3.05, 3.63) is 18.7 Å². The molecule has 0 aliphatic heterocycles. The van der Waals surface area contributed by atoms with Gasteiger partial charge in [-0.15, -0.1) is 0 Å². The van der Waals surface area contributed by atoms with Gasteiger partial charge in [-0.05, 0) is 32.1 Å². The highest BCUT2D eigenvalue weighted by Crippen LogP contribution is 2.09. The molecule has 0 saturated carbocycles. The molecule has 2 N–H and O–H groups in total. The van der Waals surface area contributed by atoms with Gasteiger partial charge in [-0.3, -0.25) is 4.79 Å². The van der Waals surface area contributed by atoms with Crippen LogP contribution in [0.1, 0.15) is 96.8 Å². The van der Waals surface area contributed by atoms with Crippen LogP contribution in [0.5, 0.6) is 0 Å². The third kappa shape index (κ3) is 19.1. The Morgan fingerprint density at radius 3 is 1.91 bits per heavy atom. The molecule has 0 aromatic carbocycles. The summed E-state index contributed by atoms with van der Waals surface area (Å²) >= 11 is 0. The number of aliphatic hydroxyl groups excluding tert-OH is 1. The van der Waals surface area contributed by atoms with Crippen molar-refractivity contribution in [1.29, 1.82) is 0 Å². The van der Waals surface area contributed by atoms with Crippen molar-refractivity contribution < 1.29 is 9.90 Å². The molecule has 0 aliphatic carbocycles. The lowest BCUT2D eigenvalue weighted by Gasteiger charge is -2.02. The number of allylic oxidation sites excluding steroid dienone is 2. The molecule has 1 radical (unpaired) electrons. The Morgan fingerprint density at radius 1 is 0.826 bits per heavy atom. The standard InChI is InChI=1S/C20H38NO2/c1-2-3-4-5-6-7-8-9-10-11-12-13-14-15-16-17-20(23)21-18-19-22/h9-10,18,22H,2-8,11-17,19H2,1H3,(H,21,23)/b10-9-. The maximum atomic E-state index is 11.3. The molecule has 0 rings (SSSR count). The maximum absolute atomic E-state index is 11.3. The molecule has 0 spiro atoms. The lowest BCUT2D eigenvalue weighted by Crippen LogP contribution is -2.21. The molecule has 0 aromatic heterocycles. The molecule has 3 nitrogen and oxygen atoms in total. The van der Waals surface area contributed by atoms with E-state index in [4.69, 9.17) is 5.11 Å². The van der Waals surface area contributed by atoms with Gasteiger partial charge in [-0.2, -0.15) is 0 Å². The zero-order valence-corrected chi connectivity index (χ0v) is 15.2. The van der Waals surface area contributed by atoms with E-state index in [9.17, 15) is 4.79 Å². The second kappa shape index (κ2) is 19.2. The summed E-state index contributed by atoms with van der Waals surface area (Å²) in [6, 6.07) is 0. The van der Waals surface area contributed by atoms with Crippen LogP contribution in [0.3, 0.4) is 0 Å². The molecule has 0 aromatic rings. The fourth-order valence-corrected chi connectivity index (χ4v) is 2.59. The second-order valence-corrected chi connectivity index (χ2v) is 6.29. The number of unbranched alkanes of at least 4 members (excludes halogenated alkanes) is 11. The number of carbonyl (C=O) groups excluding carboxylic acids is 1. The largest absolute Gasteiger partial charge is 0.394 e. The summed E-state index contributed by atoms with van der Waals surface area (Å²) in [5, 5.41) is 11.1. The lowest BCUT2D eigenvalue weighted by atomic mass is 10.1. The Kier molecular flexibility index (Phi) is 18.5. The molecule has 23 heavy (non-hydrogen) atoms. The molecule has 135 valence electrons. The SMILES string of the molecule is CCCCCCCC/C=C\CCCCCCCC(=O)N[CH]CO. The van der Waals surface area contributed by atoms with Crippen molar-refractivity contribution in [2.45, 2.75) is 96.8 Å². The number of carbonyl (C=O) groups is 1. The molecule has 0 atom stereocenters. The molecule has 0 bridgehead atoms. The van der Waals surface area contributed by atoms with Gasteiger partial charge in [-0.25, -0.2) is 0 Å². The van der Waals surface area contributed by atoms with Crippen LogP contribution in [0.15, 0.2) is 12.2 Å². The zero-order chi connectivity index (χ0) is 17.0. The van der Waals surface area contributed by atoms with E-state index in [2.05, 4.69) is 24.4 Å². The molecular formula is C20H38NO2. The van der Waals surface area contributed by atoms with Crippen LogP contribution in [0.4, 0.5) is 0 Å². The predicted octanol–water partition coefficient (Wildman–Crippen LogP) is 5.29. The molecule has 0 fully saturated rings. The van der Waals surface area contributed by atoms with E-state index >= 15 is 0 Å². The Balaban J connectivity index is 3.14.